The van der Waals surface area contributed by atoms with Crippen molar-refractivity contribution in [2.45, 2.75) is 106 Å². The molecule has 0 saturated heterocycles. The predicted octanol–water partition coefficient (Wildman–Crippen LogP) is 7.05. The molecule has 0 N–H and O–H groups in total. The van der Waals surface area contributed by atoms with Gasteiger partial charge in [-0.3, -0.25) is 0 Å². The van der Waals surface area contributed by atoms with Crippen molar-refractivity contribution in [2.75, 3.05) is 0 Å². The van der Waals surface area contributed by atoms with E-state index < -0.39 is 11.9 Å². The van der Waals surface area contributed by atoms with E-state index >= 15 is 0 Å². The summed E-state index contributed by atoms with van der Waals surface area (Å²) in [5, 5.41) is 0. The lowest BCUT2D eigenvalue weighted by atomic mass is 9.98. The topological polar surface area (TPSA) is 52.6 Å². The predicted molar refractivity (Wildman–Crippen MR) is 123 cm³/mol. The first kappa shape index (κ1) is 26.2. The fourth-order valence-electron chi connectivity index (χ4n) is 3.42. The van der Waals surface area contributed by atoms with Crippen molar-refractivity contribution in [3.05, 3.63) is 34.4 Å². The van der Waals surface area contributed by atoms with Gasteiger partial charge in [0.1, 0.15) is 12.2 Å². The standard InChI is InChI=1S/C26H42O4/c1-9-11-13-23(17(3)4)29-25(27)21-15-19(7)20(8)16-22(21)26(28)30-24(18(5)6)14-12-10-2/h15-18,23-24H,9-14H2,1-8H3. The first-order chi connectivity index (χ1) is 14.1. The van der Waals surface area contributed by atoms with Crippen LogP contribution in [-0.4, -0.2) is 24.1 Å². The fraction of sp³-hybridized carbons (Fsp3) is 0.692. The van der Waals surface area contributed by atoms with E-state index in [0.717, 1.165) is 49.7 Å². The van der Waals surface area contributed by atoms with E-state index in [0.29, 0.717) is 11.1 Å². The van der Waals surface area contributed by atoms with Gasteiger partial charge in [-0.05, 0) is 61.8 Å². The van der Waals surface area contributed by atoms with E-state index in [1.54, 1.807) is 12.1 Å². The third kappa shape index (κ3) is 7.77. The van der Waals surface area contributed by atoms with Crippen LogP contribution in [0.4, 0.5) is 0 Å². The Morgan fingerprint density at radius 1 is 0.733 bits per heavy atom. The molecule has 0 aliphatic carbocycles. The summed E-state index contributed by atoms with van der Waals surface area (Å²) in [5.41, 5.74) is 2.53. The Hall–Kier alpha value is -1.84. The van der Waals surface area contributed by atoms with Gasteiger partial charge in [0.15, 0.2) is 0 Å². The van der Waals surface area contributed by atoms with Gasteiger partial charge in [-0.1, -0.05) is 67.2 Å². The van der Waals surface area contributed by atoms with E-state index in [2.05, 4.69) is 41.5 Å². The maximum atomic E-state index is 13.1. The molecule has 2 atom stereocenters. The zero-order valence-electron chi connectivity index (χ0n) is 20.3. The van der Waals surface area contributed by atoms with Gasteiger partial charge >= 0.3 is 11.9 Å². The second-order valence-corrected chi connectivity index (χ2v) is 9.14. The van der Waals surface area contributed by atoms with Crippen LogP contribution in [0, 0.1) is 25.7 Å². The summed E-state index contributed by atoms with van der Waals surface area (Å²) < 4.78 is 11.7. The van der Waals surface area contributed by atoms with Gasteiger partial charge in [0.2, 0.25) is 0 Å². The van der Waals surface area contributed by atoms with Gasteiger partial charge in [0.05, 0.1) is 11.1 Å². The molecule has 0 heterocycles. The maximum absolute atomic E-state index is 13.1. The lowest BCUT2D eigenvalue weighted by molar-refractivity contribution is 0.0107. The highest BCUT2D eigenvalue weighted by Gasteiger charge is 2.27. The number of hydrogen-bond donors (Lipinski definition) is 0. The molecule has 0 amide bonds. The zero-order chi connectivity index (χ0) is 22.8. The van der Waals surface area contributed by atoms with Crippen LogP contribution in [-0.2, 0) is 9.47 Å². The summed E-state index contributed by atoms with van der Waals surface area (Å²) in [6.07, 6.45) is 5.46. The summed E-state index contributed by atoms with van der Waals surface area (Å²) in [6.45, 7) is 16.4. The van der Waals surface area contributed by atoms with Crippen LogP contribution in [0.1, 0.15) is 112 Å². The van der Waals surface area contributed by atoms with E-state index in [1.165, 1.54) is 0 Å². The number of ether oxygens (including phenoxy) is 2. The molecule has 0 aromatic heterocycles. The van der Waals surface area contributed by atoms with Crippen molar-refractivity contribution >= 4 is 11.9 Å². The second-order valence-electron chi connectivity index (χ2n) is 9.14. The number of carbonyl (C=O) groups excluding carboxylic acids is 2. The molecule has 0 spiro atoms. The number of esters is 2. The summed E-state index contributed by atoms with van der Waals surface area (Å²) in [6, 6.07) is 3.53. The Bertz CT molecular complexity index is 632. The molecule has 0 fully saturated rings. The van der Waals surface area contributed by atoms with Crippen LogP contribution in [0.25, 0.3) is 0 Å². The smallest absolute Gasteiger partial charge is 0.339 e. The first-order valence-electron chi connectivity index (χ1n) is 11.6. The molecule has 0 saturated carbocycles. The number of unbranched alkanes of at least 4 members (excludes halogenated alkanes) is 2. The monoisotopic (exact) mass is 418 g/mol. The molecule has 0 aliphatic heterocycles. The number of hydrogen-bond acceptors (Lipinski definition) is 4. The van der Waals surface area contributed by atoms with E-state index in [1.807, 2.05) is 13.8 Å². The van der Waals surface area contributed by atoms with E-state index in [4.69, 9.17) is 9.47 Å². The molecule has 4 heteroatoms. The quantitative estimate of drug-likeness (QED) is 0.341. The number of benzene rings is 1. The summed E-state index contributed by atoms with van der Waals surface area (Å²) >= 11 is 0. The van der Waals surface area contributed by atoms with Gasteiger partial charge in [-0.2, -0.15) is 0 Å². The average molecular weight is 419 g/mol. The first-order valence-corrected chi connectivity index (χ1v) is 11.6. The summed E-state index contributed by atoms with van der Waals surface area (Å²) in [7, 11) is 0. The van der Waals surface area contributed by atoms with Crippen LogP contribution in [0.15, 0.2) is 12.1 Å². The van der Waals surface area contributed by atoms with Crippen LogP contribution in [0.2, 0.25) is 0 Å². The number of rotatable bonds is 12. The fourth-order valence-corrected chi connectivity index (χ4v) is 3.42. The summed E-state index contributed by atoms with van der Waals surface area (Å²) in [4.78, 5) is 26.1. The molecule has 4 nitrogen and oxygen atoms in total. The van der Waals surface area contributed by atoms with Crippen LogP contribution in [0.3, 0.4) is 0 Å². The van der Waals surface area contributed by atoms with Gasteiger partial charge in [-0.25, -0.2) is 9.59 Å². The van der Waals surface area contributed by atoms with Crippen LogP contribution in [0.5, 0.6) is 0 Å². The highest BCUT2D eigenvalue weighted by Crippen LogP contribution is 2.24. The number of aryl methyl sites for hydroxylation is 2. The minimum atomic E-state index is -0.436. The Morgan fingerprint density at radius 2 is 1.07 bits per heavy atom. The molecule has 0 bridgehead atoms. The zero-order valence-corrected chi connectivity index (χ0v) is 20.3. The highest BCUT2D eigenvalue weighted by molar-refractivity contribution is 6.03. The lowest BCUT2D eigenvalue weighted by Crippen LogP contribution is -2.27. The Kier molecular flexibility index (Phi) is 11.1. The minimum absolute atomic E-state index is 0.157. The molecule has 170 valence electrons. The Balaban J connectivity index is 3.16. The van der Waals surface area contributed by atoms with Crippen molar-refractivity contribution in [1.82, 2.24) is 0 Å². The average Bonchev–Trinajstić information content (AvgIpc) is 2.69. The lowest BCUT2D eigenvalue weighted by Gasteiger charge is -2.24. The maximum Gasteiger partial charge on any atom is 0.339 e. The second kappa shape index (κ2) is 12.8. The van der Waals surface area contributed by atoms with Crippen molar-refractivity contribution < 1.29 is 19.1 Å². The molecule has 0 aliphatic rings. The molecule has 1 aromatic carbocycles. The van der Waals surface area contributed by atoms with Crippen molar-refractivity contribution in [2.24, 2.45) is 11.8 Å². The largest absolute Gasteiger partial charge is 0.458 e. The Labute approximate surface area is 183 Å². The van der Waals surface area contributed by atoms with Gasteiger partial charge in [0, 0.05) is 0 Å². The van der Waals surface area contributed by atoms with Gasteiger partial charge in [-0.15, -0.1) is 0 Å². The van der Waals surface area contributed by atoms with E-state index in [9.17, 15) is 9.59 Å². The van der Waals surface area contributed by atoms with Crippen LogP contribution >= 0.6 is 0 Å². The number of carbonyl (C=O) groups is 2. The molecule has 30 heavy (non-hydrogen) atoms. The van der Waals surface area contributed by atoms with Crippen molar-refractivity contribution in [3.8, 4) is 0 Å². The van der Waals surface area contributed by atoms with Crippen LogP contribution < -0.4 is 0 Å². The van der Waals surface area contributed by atoms with Gasteiger partial charge in [0.25, 0.3) is 0 Å². The molecule has 1 aromatic rings. The molecule has 1 rings (SSSR count). The summed E-state index contributed by atoms with van der Waals surface area (Å²) in [5.74, 6) is -0.423. The van der Waals surface area contributed by atoms with Crippen molar-refractivity contribution in [3.63, 3.8) is 0 Å². The highest BCUT2D eigenvalue weighted by atomic mass is 16.6. The SMILES string of the molecule is CCCCC(OC(=O)c1cc(C)c(C)cc1C(=O)OC(CCCC)C(C)C)C(C)C. The minimum Gasteiger partial charge on any atom is -0.458 e. The van der Waals surface area contributed by atoms with Crippen molar-refractivity contribution in [1.29, 1.82) is 0 Å². The molecule has 0 radical (unpaired) electrons. The molecular weight excluding hydrogens is 376 g/mol. The Morgan fingerprint density at radius 3 is 1.33 bits per heavy atom. The van der Waals surface area contributed by atoms with Gasteiger partial charge < -0.3 is 9.47 Å². The third-order valence-electron chi connectivity index (χ3n) is 5.76. The molecule has 2 unspecified atom stereocenters. The van der Waals surface area contributed by atoms with E-state index in [-0.39, 0.29) is 24.0 Å². The molecular formula is C26H42O4. The third-order valence-corrected chi connectivity index (χ3v) is 5.76. The normalized spacial score (nSPS) is 13.4.